The van der Waals surface area contributed by atoms with Crippen LogP contribution in [0.1, 0.15) is 24.5 Å². The second-order valence-electron chi connectivity index (χ2n) is 10.3. The fourth-order valence-corrected chi connectivity index (χ4v) is 7.11. The molecular formula is C31H37N3O7S2. The van der Waals surface area contributed by atoms with E-state index >= 15 is 0 Å². The summed E-state index contributed by atoms with van der Waals surface area (Å²) in [7, 11) is -7.07. The number of carbonyl (C=O) groups is 1. The summed E-state index contributed by atoms with van der Waals surface area (Å²) in [6.45, 7) is 5.77. The maximum atomic E-state index is 14.0. The van der Waals surface area contributed by atoms with Crippen LogP contribution in [0.25, 0.3) is 11.0 Å². The van der Waals surface area contributed by atoms with Gasteiger partial charge in [-0.1, -0.05) is 37.3 Å². The average molecular weight is 628 g/mol. The maximum Gasteiger partial charge on any atom is 0.303 e. The van der Waals surface area contributed by atoms with Gasteiger partial charge in [-0.15, -0.1) is 0 Å². The van der Waals surface area contributed by atoms with Gasteiger partial charge in [-0.2, -0.15) is 4.31 Å². The van der Waals surface area contributed by atoms with Gasteiger partial charge in [0, 0.05) is 50.2 Å². The van der Waals surface area contributed by atoms with Crippen LogP contribution in [-0.2, 0) is 31.3 Å². The molecule has 0 amide bonds. The van der Waals surface area contributed by atoms with Crippen LogP contribution in [0.2, 0.25) is 0 Å². The van der Waals surface area contributed by atoms with Gasteiger partial charge in [-0.3, -0.25) is 9.10 Å². The number of carboxylic acid groups (broad SMARTS) is 1. The quantitative estimate of drug-likeness (QED) is 0.282. The Morgan fingerprint density at radius 3 is 2.14 bits per heavy atom. The van der Waals surface area contributed by atoms with Crippen LogP contribution in [0.4, 0.5) is 11.4 Å². The Kier molecular flexibility index (Phi) is 10.2. The van der Waals surface area contributed by atoms with Crippen LogP contribution in [-0.4, -0.2) is 71.2 Å². The number of carboxylic acids is 1. The number of furan rings is 1. The van der Waals surface area contributed by atoms with Crippen LogP contribution < -0.4 is 9.21 Å². The first-order valence-electron chi connectivity index (χ1n) is 14.0. The number of rotatable bonds is 9. The summed E-state index contributed by atoms with van der Waals surface area (Å²) in [5, 5.41) is 8.50. The van der Waals surface area contributed by atoms with Crippen LogP contribution in [0.15, 0.2) is 88.4 Å². The van der Waals surface area contributed by atoms with Gasteiger partial charge < -0.3 is 14.4 Å². The molecule has 1 aliphatic rings. The van der Waals surface area contributed by atoms with Crippen molar-refractivity contribution in [3.63, 3.8) is 0 Å². The molecule has 10 nitrogen and oxygen atoms in total. The van der Waals surface area contributed by atoms with Crippen molar-refractivity contribution in [1.82, 2.24) is 4.31 Å². The first-order chi connectivity index (χ1) is 20.4. The Morgan fingerprint density at radius 2 is 1.56 bits per heavy atom. The molecule has 0 aliphatic carbocycles. The van der Waals surface area contributed by atoms with E-state index in [1.54, 1.807) is 31.4 Å². The van der Waals surface area contributed by atoms with E-state index in [0.29, 0.717) is 43.9 Å². The zero-order chi connectivity index (χ0) is 31.2. The molecule has 230 valence electrons. The van der Waals surface area contributed by atoms with Gasteiger partial charge in [-0.05, 0) is 66.9 Å². The Bertz CT molecular complexity index is 1750. The number of piperazine rings is 1. The zero-order valence-corrected chi connectivity index (χ0v) is 26.1. The highest BCUT2D eigenvalue weighted by Gasteiger charge is 2.27. The minimum absolute atomic E-state index is 0.212. The van der Waals surface area contributed by atoms with Crippen molar-refractivity contribution in [3.05, 3.63) is 90.2 Å². The smallest absolute Gasteiger partial charge is 0.303 e. The molecule has 12 heteroatoms. The summed E-state index contributed by atoms with van der Waals surface area (Å²) in [5.74, 6) is -0.745. The highest BCUT2D eigenvalue weighted by molar-refractivity contribution is 7.92. The molecule has 0 bridgehead atoms. The molecule has 5 rings (SSSR count). The van der Waals surface area contributed by atoms with Crippen molar-refractivity contribution in [2.24, 2.45) is 0 Å². The molecule has 1 saturated heterocycles. The third-order valence-electron chi connectivity index (χ3n) is 7.29. The summed E-state index contributed by atoms with van der Waals surface area (Å²) in [6.07, 6.45) is 3.64. The van der Waals surface area contributed by atoms with E-state index in [0.717, 1.165) is 22.2 Å². The van der Waals surface area contributed by atoms with Crippen LogP contribution in [0.3, 0.4) is 0 Å². The number of hydrogen-bond donors (Lipinski definition) is 1. The fraction of sp³-hybridized carbons (Fsp3) is 0.323. The number of sulfonamides is 2. The van der Waals surface area contributed by atoms with Gasteiger partial charge in [0.25, 0.3) is 10.0 Å². The first-order valence-corrected chi connectivity index (χ1v) is 17.3. The monoisotopic (exact) mass is 627 g/mol. The van der Waals surface area contributed by atoms with Gasteiger partial charge in [0.1, 0.15) is 5.58 Å². The molecule has 0 unspecified atom stereocenters. The molecule has 0 spiro atoms. The van der Waals surface area contributed by atoms with Crippen molar-refractivity contribution in [1.29, 1.82) is 0 Å². The topological polar surface area (TPSA) is 128 Å². The van der Waals surface area contributed by atoms with Crippen molar-refractivity contribution in [3.8, 4) is 0 Å². The predicted molar refractivity (Wildman–Crippen MR) is 169 cm³/mol. The molecule has 0 radical (unpaired) electrons. The molecule has 2 heterocycles. The van der Waals surface area contributed by atoms with E-state index in [1.807, 2.05) is 61.5 Å². The first kappa shape index (κ1) is 32.1. The molecule has 1 aliphatic heterocycles. The maximum absolute atomic E-state index is 14.0. The molecular weight excluding hydrogens is 590 g/mol. The second kappa shape index (κ2) is 13.6. The van der Waals surface area contributed by atoms with Crippen LogP contribution in [0.5, 0.6) is 0 Å². The number of hydrogen-bond acceptors (Lipinski definition) is 7. The summed E-state index contributed by atoms with van der Waals surface area (Å²) in [4.78, 5) is 11.7. The number of aliphatic carboxylic acids is 1. The Morgan fingerprint density at radius 1 is 0.930 bits per heavy atom. The summed E-state index contributed by atoms with van der Waals surface area (Å²) < 4.78 is 60.1. The highest BCUT2D eigenvalue weighted by atomic mass is 32.2. The van der Waals surface area contributed by atoms with E-state index in [4.69, 9.17) is 9.52 Å². The Hall–Kier alpha value is -3.87. The third kappa shape index (κ3) is 7.95. The summed E-state index contributed by atoms with van der Waals surface area (Å²) in [5.41, 5.74) is 4.08. The van der Waals surface area contributed by atoms with Gasteiger partial charge in [0.15, 0.2) is 0 Å². The van der Waals surface area contributed by atoms with E-state index in [1.165, 1.54) is 14.9 Å². The predicted octanol–water partition coefficient (Wildman–Crippen LogP) is 4.74. The summed E-state index contributed by atoms with van der Waals surface area (Å²) >= 11 is 0. The van der Waals surface area contributed by atoms with Crippen molar-refractivity contribution in [2.45, 2.75) is 31.6 Å². The van der Waals surface area contributed by atoms with Crippen molar-refractivity contribution < 1.29 is 31.2 Å². The number of anilines is 2. The normalized spacial score (nSPS) is 14.3. The number of nitrogens with zero attached hydrogens (tertiary/aromatic N) is 3. The van der Waals surface area contributed by atoms with E-state index in [-0.39, 0.29) is 17.9 Å². The lowest BCUT2D eigenvalue weighted by Gasteiger charge is -2.35. The molecule has 0 saturated carbocycles. The fourth-order valence-electron chi connectivity index (χ4n) is 4.79. The van der Waals surface area contributed by atoms with Crippen LogP contribution >= 0.6 is 0 Å². The SMILES string of the molecule is CCC(=O)O.Cc1coc2ccc(S(=O)(=O)N(CCc3ccccc3)c3ccc(N4CCN(S(C)(=O)=O)CC4)cc3)cc12. The van der Waals surface area contributed by atoms with Crippen molar-refractivity contribution in [2.75, 3.05) is 48.2 Å². The lowest BCUT2D eigenvalue weighted by Crippen LogP contribution is -2.48. The Balaban J connectivity index is 0.000000782. The summed E-state index contributed by atoms with van der Waals surface area (Å²) in [6, 6.07) is 22.2. The standard InChI is InChI=1S/C28H31N3O5S2.C3H6O2/c1-22-21-36-28-13-12-26(20-27(22)28)38(34,35)31(15-14-23-6-4-3-5-7-23)25-10-8-24(9-11-25)29-16-18-30(19-17-29)37(2,32)33;1-2-3(4)5/h3-13,20-21H,14-19H2,1-2H3;2H2,1H3,(H,4,5). The zero-order valence-electron chi connectivity index (χ0n) is 24.5. The minimum Gasteiger partial charge on any atom is -0.481 e. The van der Waals surface area contributed by atoms with Gasteiger partial charge in [0.05, 0.1) is 23.1 Å². The number of benzene rings is 3. The second-order valence-corrected chi connectivity index (χ2v) is 14.1. The molecule has 4 aromatic rings. The van der Waals surface area contributed by atoms with Gasteiger partial charge in [0.2, 0.25) is 10.0 Å². The highest BCUT2D eigenvalue weighted by Crippen LogP contribution is 2.30. The lowest BCUT2D eigenvalue weighted by molar-refractivity contribution is -0.136. The van der Waals surface area contributed by atoms with E-state index in [9.17, 15) is 21.6 Å². The molecule has 1 fully saturated rings. The largest absolute Gasteiger partial charge is 0.481 e. The third-order valence-corrected chi connectivity index (χ3v) is 10.4. The number of aryl methyl sites for hydroxylation is 1. The van der Waals surface area contributed by atoms with Gasteiger partial charge >= 0.3 is 5.97 Å². The van der Waals surface area contributed by atoms with E-state index in [2.05, 4.69) is 4.90 Å². The number of fused-ring (bicyclic) bond motifs is 1. The van der Waals surface area contributed by atoms with Gasteiger partial charge in [-0.25, -0.2) is 16.8 Å². The molecule has 1 N–H and O–H groups in total. The molecule has 43 heavy (non-hydrogen) atoms. The lowest BCUT2D eigenvalue weighted by atomic mass is 10.1. The molecule has 1 aromatic heterocycles. The average Bonchev–Trinajstić information content (AvgIpc) is 3.38. The molecule has 0 atom stereocenters. The molecule has 3 aromatic carbocycles. The van der Waals surface area contributed by atoms with E-state index < -0.39 is 26.0 Å². The minimum atomic E-state index is -3.87. The van der Waals surface area contributed by atoms with Crippen molar-refractivity contribution >= 4 is 48.4 Å². The Labute approximate surface area is 253 Å². The van der Waals surface area contributed by atoms with Crippen LogP contribution in [0, 0.1) is 6.92 Å².